The molecule has 0 aromatic heterocycles. The van der Waals surface area contributed by atoms with E-state index in [1.807, 2.05) is 0 Å². The van der Waals surface area contributed by atoms with E-state index in [2.05, 4.69) is 22.5 Å². The number of thiocarbonyl (C=S) groups is 1. The number of para-hydroxylation sites is 1. The minimum Gasteiger partial charge on any atom is -0.361 e. The number of Topliss-reactive ketones (excluding diaryl/α,β-unsaturated/α-hetero) is 1. The van der Waals surface area contributed by atoms with Gasteiger partial charge in [0.15, 0.2) is 10.9 Å². The van der Waals surface area contributed by atoms with Gasteiger partial charge < -0.3 is 16.0 Å². The van der Waals surface area contributed by atoms with Crippen molar-refractivity contribution in [3.8, 4) is 0 Å². The number of carbonyl (C=O) groups is 2. The van der Waals surface area contributed by atoms with E-state index in [4.69, 9.17) is 12.2 Å². The molecular weight excluding hydrogens is 274 g/mol. The van der Waals surface area contributed by atoms with Crippen molar-refractivity contribution < 1.29 is 9.59 Å². The molecule has 0 spiro atoms. The zero-order valence-corrected chi connectivity index (χ0v) is 11.6. The lowest BCUT2D eigenvalue weighted by atomic mass is 9.91. The van der Waals surface area contributed by atoms with Gasteiger partial charge in [-0.3, -0.25) is 9.59 Å². The second-order valence-electron chi connectivity index (χ2n) is 4.33. The third kappa shape index (κ3) is 3.03. The molecule has 0 radical (unpaired) electrons. The largest absolute Gasteiger partial charge is 0.361 e. The van der Waals surface area contributed by atoms with Crippen LogP contribution in [0.15, 0.2) is 36.9 Å². The van der Waals surface area contributed by atoms with E-state index in [0.29, 0.717) is 22.9 Å². The van der Waals surface area contributed by atoms with Gasteiger partial charge in [-0.2, -0.15) is 0 Å². The van der Waals surface area contributed by atoms with Gasteiger partial charge in [-0.15, -0.1) is 6.58 Å². The molecule has 1 heterocycles. The maximum atomic E-state index is 12.3. The minimum absolute atomic E-state index is 0.169. The Hall–Kier alpha value is -2.21. The van der Waals surface area contributed by atoms with Crippen LogP contribution in [0, 0.1) is 5.92 Å². The van der Waals surface area contributed by atoms with Crippen molar-refractivity contribution in [2.45, 2.75) is 0 Å². The zero-order valence-electron chi connectivity index (χ0n) is 10.8. The molecule has 1 unspecified atom stereocenters. The fourth-order valence-electron chi connectivity index (χ4n) is 1.94. The van der Waals surface area contributed by atoms with Crippen molar-refractivity contribution >= 4 is 34.7 Å². The van der Waals surface area contributed by atoms with Crippen LogP contribution < -0.4 is 16.0 Å². The Morgan fingerprint density at radius 1 is 1.35 bits per heavy atom. The first-order valence-corrected chi connectivity index (χ1v) is 6.61. The number of anilines is 1. The van der Waals surface area contributed by atoms with Crippen molar-refractivity contribution in [1.29, 1.82) is 0 Å². The first-order chi connectivity index (χ1) is 9.63. The lowest BCUT2D eigenvalue weighted by Gasteiger charge is -2.23. The van der Waals surface area contributed by atoms with Gasteiger partial charge in [0.25, 0.3) is 0 Å². The second-order valence-corrected chi connectivity index (χ2v) is 4.74. The van der Waals surface area contributed by atoms with Crippen molar-refractivity contribution in [2.75, 3.05) is 18.4 Å². The quantitative estimate of drug-likeness (QED) is 0.440. The van der Waals surface area contributed by atoms with E-state index in [-0.39, 0.29) is 18.2 Å². The molecule has 1 atom stereocenters. The van der Waals surface area contributed by atoms with Gasteiger partial charge in [-0.25, -0.2) is 0 Å². The van der Waals surface area contributed by atoms with Crippen LogP contribution in [0.2, 0.25) is 0 Å². The highest BCUT2D eigenvalue weighted by molar-refractivity contribution is 7.80. The van der Waals surface area contributed by atoms with Crippen LogP contribution in [0.3, 0.4) is 0 Å². The molecule has 3 N–H and O–H groups in total. The smallest absolute Gasteiger partial charge is 0.237 e. The molecule has 1 aliphatic heterocycles. The summed E-state index contributed by atoms with van der Waals surface area (Å²) >= 11 is 5.03. The van der Waals surface area contributed by atoms with Crippen LogP contribution in [-0.4, -0.2) is 29.9 Å². The average Bonchev–Trinajstić information content (AvgIpc) is 2.45. The van der Waals surface area contributed by atoms with E-state index in [9.17, 15) is 9.59 Å². The predicted octanol–water partition coefficient (Wildman–Crippen LogP) is 1.09. The Morgan fingerprint density at radius 3 is 2.85 bits per heavy atom. The summed E-state index contributed by atoms with van der Waals surface area (Å²) in [5, 5.41) is 8.87. The lowest BCUT2D eigenvalue weighted by molar-refractivity contribution is -0.118. The molecule has 1 aromatic rings. The molecule has 0 saturated carbocycles. The third-order valence-corrected chi connectivity index (χ3v) is 3.25. The molecule has 0 bridgehead atoms. The molecule has 0 saturated heterocycles. The van der Waals surface area contributed by atoms with Crippen LogP contribution in [0.1, 0.15) is 10.4 Å². The monoisotopic (exact) mass is 289 g/mol. The molecule has 0 fully saturated rings. The summed E-state index contributed by atoms with van der Waals surface area (Å²) in [6.07, 6.45) is 1.67. The van der Waals surface area contributed by atoms with Crippen LogP contribution in [-0.2, 0) is 4.79 Å². The molecule has 20 heavy (non-hydrogen) atoms. The number of benzene rings is 1. The standard InChI is InChI=1S/C14H15N3O2S/c1-2-7-15-14(20)16-8-10-12(18)9-5-3-4-6-11(9)17-13(10)19/h2-6,10H,1,7-8H2,(H,17,19)(H2,15,16,20). The third-order valence-electron chi connectivity index (χ3n) is 2.96. The number of nitrogens with one attached hydrogen (secondary N) is 3. The van der Waals surface area contributed by atoms with E-state index >= 15 is 0 Å². The van der Waals surface area contributed by atoms with Gasteiger partial charge >= 0.3 is 0 Å². The molecular formula is C14H15N3O2S. The van der Waals surface area contributed by atoms with E-state index < -0.39 is 5.92 Å². The van der Waals surface area contributed by atoms with Crippen LogP contribution in [0.4, 0.5) is 5.69 Å². The molecule has 5 nitrogen and oxygen atoms in total. The summed E-state index contributed by atoms with van der Waals surface area (Å²) in [4.78, 5) is 24.2. The topological polar surface area (TPSA) is 70.2 Å². The zero-order chi connectivity index (χ0) is 14.5. The van der Waals surface area contributed by atoms with Crippen LogP contribution in [0.25, 0.3) is 0 Å². The van der Waals surface area contributed by atoms with Crippen molar-refractivity contribution in [2.24, 2.45) is 5.92 Å². The summed E-state index contributed by atoms with van der Waals surface area (Å²) in [5.74, 6) is -1.27. The van der Waals surface area contributed by atoms with Gasteiger partial charge in [-0.1, -0.05) is 18.2 Å². The summed E-state index contributed by atoms with van der Waals surface area (Å²) in [5.41, 5.74) is 1.09. The summed E-state index contributed by atoms with van der Waals surface area (Å²) < 4.78 is 0. The SMILES string of the molecule is C=CCNC(=S)NCC1C(=O)Nc2ccccc2C1=O. The van der Waals surface area contributed by atoms with Gasteiger partial charge in [0, 0.05) is 18.7 Å². The average molecular weight is 289 g/mol. The van der Waals surface area contributed by atoms with E-state index in [1.165, 1.54) is 0 Å². The van der Waals surface area contributed by atoms with Crippen molar-refractivity contribution in [3.63, 3.8) is 0 Å². The minimum atomic E-state index is -0.770. The Bertz CT molecular complexity index is 571. The summed E-state index contributed by atoms with van der Waals surface area (Å²) in [7, 11) is 0. The molecule has 104 valence electrons. The summed E-state index contributed by atoms with van der Waals surface area (Å²) in [6.45, 7) is 4.26. The molecule has 0 aliphatic carbocycles. The summed E-state index contributed by atoms with van der Waals surface area (Å²) in [6, 6.07) is 6.97. The number of hydrogen-bond acceptors (Lipinski definition) is 3. The van der Waals surface area contributed by atoms with Crippen molar-refractivity contribution in [1.82, 2.24) is 10.6 Å². The number of amides is 1. The highest BCUT2D eigenvalue weighted by Gasteiger charge is 2.33. The van der Waals surface area contributed by atoms with E-state index in [0.717, 1.165) is 0 Å². The first-order valence-electron chi connectivity index (χ1n) is 6.20. The molecule has 1 aromatic carbocycles. The number of hydrogen-bond donors (Lipinski definition) is 3. The van der Waals surface area contributed by atoms with E-state index in [1.54, 1.807) is 30.3 Å². The predicted molar refractivity (Wildman–Crippen MR) is 81.7 cm³/mol. The Morgan fingerprint density at radius 2 is 2.10 bits per heavy atom. The number of ketones is 1. The molecule has 6 heteroatoms. The molecule has 1 amide bonds. The molecule has 1 aliphatic rings. The highest BCUT2D eigenvalue weighted by atomic mass is 32.1. The Labute approximate surface area is 122 Å². The Kier molecular flexibility index (Phi) is 4.47. The van der Waals surface area contributed by atoms with Gasteiger partial charge in [0.2, 0.25) is 5.91 Å². The fourth-order valence-corrected chi connectivity index (χ4v) is 2.11. The first kappa shape index (κ1) is 14.2. The number of rotatable bonds is 4. The van der Waals surface area contributed by atoms with Gasteiger partial charge in [0.1, 0.15) is 5.92 Å². The number of carbonyl (C=O) groups excluding carboxylic acids is 2. The normalized spacial score (nSPS) is 16.9. The molecule has 2 rings (SSSR count). The van der Waals surface area contributed by atoms with Crippen molar-refractivity contribution in [3.05, 3.63) is 42.5 Å². The van der Waals surface area contributed by atoms with Gasteiger partial charge in [-0.05, 0) is 24.4 Å². The maximum absolute atomic E-state index is 12.3. The van der Waals surface area contributed by atoms with Gasteiger partial charge in [0.05, 0.1) is 5.69 Å². The highest BCUT2D eigenvalue weighted by Crippen LogP contribution is 2.24. The lowest BCUT2D eigenvalue weighted by Crippen LogP contribution is -2.45. The number of fused-ring (bicyclic) bond motifs is 1. The Balaban J connectivity index is 2.03. The second kappa shape index (κ2) is 6.29. The van der Waals surface area contributed by atoms with Crippen LogP contribution >= 0.6 is 12.2 Å². The maximum Gasteiger partial charge on any atom is 0.237 e. The van der Waals surface area contributed by atoms with Crippen LogP contribution in [0.5, 0.6) is 0 Å². The fraction of sp³-hybridized carbons (Fsp3) is 0.214.